The molecule has 3 rings (SSSR count). The highest BCUT2D eigenvalue weighted by Gasteiger charge is 2.21. The van der Waals surface area contributed by atoms with Crippen LogP contribution in [0.3, 0.4) is 0 Å². The topological polar surface area (TPSA) is 81.1 Å². The summed E-state index contributed by atoms with van der Waals surface area (Å²) in [4.78, 5) is 16.8. The molecule has 148 valence electrons. The molecule has 1 saturated heterocycles. The summed E-state index contributed by atoms with van der Waals surface area (Å²) in [7, 11) is 1.82. The van der Waals surface area contributed by atoms with Gasteiger partial charge in [0.15, 0.2) is 5.82 Å². The van der Waals surface area contributed by atoms with Crippen molar-refractivity contribution in [2.45, 2.75) is 38.5 Å². The van der Waals surface area contributed by atoms with Gasteiger partial charge in [-0.25, -0.2) is 4.68 Å². The number of aryl methyl sites for hydroxylation is 2. The first-order valence-electron chi connectivity index (χ1n) is 9.29. The van der Waals surface area contributed by atoms with Crippen LogP contribution in [0.25, 0.3) is 0 Å². The standard InChI is InChI=1S/C19H27N5O2.ClH/c1-3-26-16-7-4-14(5-8-16)6-9-17(25)21-19-22-18(23-24(19)2)15-10-12-20-13-11-15;/h4-5,7-8,15,20H,3,6,9-13H2,1-2H3,(H,21,22,23,25);1H. The van der Waals surface area contributed by atoms with Gasteiger partial charge in [0.05, 0.1) is 6.61 Å². The van der Waals surface area contributed by atoms with Crippen molar-refractivity contribution in [2.75, 3.05) is 25.0 Å². The maximum absolute atomic E-state index is 12.3. The number of nitrogens with zero attached hydrogens (tertiary/aromatic N) is 3. The molecule has 2 N–H and O–H groups in total. The van der Waals surface area contributed by atoms with E-state index < -0.39 is 0 Å². The molecule has 0 aliphatic carbocycles. The van der Waals surface area contributed by atoms with Gasteiger partial charge in [-0.3, -0.25) is 10.1 Å². The molecule has 0 saturated carbocycles. The number of halogens is 1. The number of piperidine rings is 1. The van der Waals surface area contributed by atoms with Crippen molar-refractivity contribution in [1.82, 2.24) is 20.1 Å². The number of aromatic nitrogens is 3. The third-order valence-electron chi connectivity index (χ3n) is 4.61. The van der Waals surface area contributed by atoms with Gasteiger partial charge in [-0.05, 0) is 57.0 Å². The lowest BCUT2D eigenvalue weighted by Gasteiger charge is -2.19. The molecule has 1 amide bonds. The van der Waals surface area contributed by atoms with Crippen molar-refractivity contribution in [3.8, 4) is 5.75 Å². The first-order valence-corrected chi connectivity index (χ1v) is 9.29. The highest BCUT2D eigenvalue weighted by Crippen LogP contribution is 2.23. The van der Waals surface area contributed by atoms with Crippen molar-refractivity contribution >= 4 is 24.3 Å². The SMILES string of the molecule is CCOc1ccc(CCC(=O)Nc2nc(C3CCNCC3)nn2C)cc1.Cl. The summed E-state index contributed by atoms with van der Waals surface area (Å²) in [5.41, 5.74) is 1.11. The molecule has 2 aromatic rings. The molecule has 1 aromatic carbocycles. The zero-order valence-corrected chi connectivity index (χ0v) is 16.7. The largest absolute Gasteiger partial charge is 0.494 e. The molecule has 2 heterocycles. The first-order chi connectivity index (χ1) is 12.7. The number of anilines is 1. The molecule has 0 radical (unpaired) electrons. The number of hydrogen-bond donors (Lipinski definition) is 2. The molecule has 0 spiro atoms. The molecule has 1 aromatic heterocycles. The summed E-state index contributed by atoms with van der Waals surface area (Å²) in [6.45, 7) is 4.60. The van der Waals surface area contributed by atoms with E-state index in [0.29, 0.717) is 31.3 Å². The van der Waals surface area contributed by atoms with E-state index >= 15 is 0 Å². The van der Waals surface area contributed by atoms with Crippen LogP contribution in [0.2, 0.25) is 0 Å². The van der Waals surface area contributed by atoms with E-state index in [1.807, 2.05) is 38.2 Å². The Balaban J connectivity index is 0.00000261. The summed E-state index contributed by atoms with van der Waals surface area (Å²) in [5.74, 6) is 2.53. The van der Waals surface area contributed by atoms with E-state index in [4.69, 9.17) is 4.74 Å². The van der Waals surface area contributed by atoms with Crippen LogP contribution in [0.4, 0.5) is 5.95 Å². The third-order valence-corrected chi connectivity index (χ3v) is 4.61. The predicted octanol–water partition coefficient (Wildman–Crippen LogP) is 2.67. The van der Waals surface area contributed by atoms with Crippen molar-refractivity contribution in [2.24, 2.45) is 7.05 Å². The maximum Gasteiger partial charge on any atom is 0.227 e. The summed E-state index contributed by atoms with van der Waals surface area (Å²) in [5, 5.41) is 10.7. The molecule has 0 bridgehead atoms. The first kappa shape index (κ1) is 21.2. The fourth-order valence-corrected chi connectivity index (χ4v) is 3.13. The van der Waals surface area contributed by atoms with Crippen LogP contribution in [-0.2, 0) is 18.3 Å². The van der Waals surface area contributed by atoms with Crippen LogP contribution in [0, 0.1) is 0 Å². The minimum Gasteiger partial charge on any atom is -0.494 e. The molecule has 7 nitrogen and oxygen atoms in total. The lowest BCUT2D eigenvalue weighted by molar-refractivity contribution is -0.116. The fourth-order valence-electron chi connectivity index (χ4n) is 3.13. The lowest BCUT2D eigenvalue weighted by Crippen LogP contribution is -2.27. The Morgan fingerprint density at radius 2 is 2.00 bits per heavy atom. The van der Waals surface area contributed by atoms with Crippen LogP contribution in [0.5, 0.6) is 5.75 Å². The normalized spacial score (nSPS) is 14.4. The number of amides is 1. The van der Waals surface area contributed by atoms with Gasteiger partial charge in [-0.15, -0.1) is 12.4 Å². The molecule has 1 aliphatic rings. The van der Waals surface area contributed by atoms with Gasteiger partial charge in [0, 0.05) is 19.4 Å². The zero-order valence-electron chi connectivity index (χ0n) is 15.9. The number of nitrogens with one attached hydrogen (secondary N) is 2. The highest BCUT2D eigenvalue weighted by molar-refractivity contribution is 5.89. The molecular weight excluding hydrogens is 366 g/mol. The van der Waals surface area contributed by atoms with Crippen molar-refractivity contribution in [3.05, 3.63) is 35.7 Å². The monoisotopic (exact) mass is 393 g/mol. The minimum absolute atomic E-state index is 0. The summed E-state index contributed by atoms with van der Waals surface area (Å²) >= 11 is 0. The highest BCUT2D eigenvalue weighted by atomic mass is 35.5. The van der Waals surface area contributed by atoms with E-state index in [-0.39, 0.29) is 18.3 Å². The van der Waals surface area contributed by atoms with Crippen LogP contribution in [0.15, 0.2) is 24.3 Å². The third kappa shape index (κ3) is 5.94. The summed E-state index contributed by atoms with van der Waals surface area (Å²) in [6.07, 6.45) is 3.16. The quantitative estimate of drug-likeness (QED) is 0.755. The van der Waals surface area contributed by atoms with E-state index in [0.717, 1.165) is 43.1 Å². The smallest absolute Gasteiger partial charge is 0.227 e. The Morgan fingerprint density at radius 1 is 1.30 bits per heavy atom. The lowest BCUT2D eigenvalue weighted by atomic mass is 9.98. The van der Waals surface area contributed by atoms with Crippen LogP contribution in [-0.4, -0.2) is 40.4 Å². The number of carbonyl (C=O) groups excluding carboxylic acids is 1. The average molecular weight is 394 g/mol. The van der Waals surface area contributed by atoms with E-state index in [2.05, 4.69) is 20.7 Å². The van der Waals surface area contributed by atoms with Gasteiger partial charge in [0.25, 0.3) is 0 Å². The van der Waals surface area contributed by atoms with E-state index in [9.17, 15) is 4.79 Å². The molecule has 8 heteroatoms. The maximum atomic E-state index is 12.3. The number of benzene rings is 1. The van der Waals surface area contributed by atoms with Crippen LogP contribution < -0.4 is 15.4 Å². The number of ether oxygens (including phenoxy) is 1. The second kappa shape index (κ2) is 10.3. The summed E-state index contributed by atoms with van der Waals surface area (Å²) < 4.78 is 7.09. The summed E-state index contributed by atoms with van der Waals surface area (Å²) in [6, 6.07) is 7.86. The van der Waals surface area contributed by atoms with E-state index in [1.165, 1.54) is 0 Å². The predicted molar refractivity (Wildman–Crippen MR) is 108 cm³/mol. The second-order valence-electron chi connectivity index (χ2n) is 6.57. The Kier molecular flexibility index (Phi) is 8.06. The zero-order chi connectivity index (χ0) is 18.4. The molecular formula is C19H28ClN5O2. The van der Waals surface area contributed by atoms with Gasteiger partial charge < -0.3 is 10.1 Å². The molecule has 1 aliphatic heterocycles. The van der Waals surface area contributed by atoms with Crippen LogP contribution in [0.1, 0.15) is 43.5 Å². The average Bonchev–Trinajstić information content (AvgIpc) is 3.03. The molecule has 27 heavy (non-hydrogen) atoms. The van der Waals surface area contributed by atoms with Gasteiger partial charge in [-0.2, -0.15) is 10.1 Å². The van der Waals surface area contributed by atoms with Gasteiger partial charge in [0.2, 0.25) is 11.9 Å². The van der Waals surface area contributed by atoms with Crippen molar-refractivity contribution in [3.63, 3.8) is 0 Å². The number of hydrogen-bond acceptors (Lipinski definition) is 5. The Labute approximate surface area is 166 Å². The fraction of sp³-hybridized carbons (Fsp3) is 0.526. The van der Waals surface area contributed by atoms with Crippen molar-refractivity contribution in [1.29, 1.82) is 0 Å². The molecule has 0 unspecified atom stereocenters. The molecule has 1 fully saturated rings. The van der Waals surface area contributed by atoms with Gasteiger partial charge in [-0.1, -0.05) is 12.1 Å². The Hall–Kier alpha value is -2.12. The van der Waals surface area contributed by atoms with Gasteiger partial charge in [0.1, 0.15) is 5.75 Å². The molecule has 0 atom stereocenters. The van der Waals surface area contributed by atoms with Gasteiger partial charge >= 0.3 is 0 Å². The Bertz CT molecular complexity index is 726. The Morgan fingerprint density at radius 3 is 2.67 bits per heavy atom. The van der Waals surface area contributed by atoms with Crippen LogP contribution >= 0.6 is 12.4 Å². The van der Waals surface area contributed by atoms with E-state index in [1.54, 1.807) is 4.68 Å². The number of carbonyl (C=O) groups is 1. The number of rotatable bonds is 7. The van der Waals surface area contributed by atoms with Crippen molar-refractivity contribution < 1.29 is 9.53 Å². The second-order valence-corrected chi connectivity index (χ2v) is 6.57. The minimum atomic E-state index is -0.0498.